The molecule has 0 aliphatic carbocycles. The van der Waals surface area contributed by atoms with Crippen molar-refractivity contribution in [2.24, 2.45) is 0 Å². The molecule has 8 heteroatoms. The van der Waals surface area contributed by atoms with E-state index in [1.807, 2.05) is 0 Å². The number of hydrogen-bond acceptors (Lipinski definition) is 6. The van der Waals surface area contributed by atoms with Gasteiger partial charge in [0.2, 0.25) is 10.0 Å². The quantitative estimate of drug-likeness (QED) is 0.801. The molecule has 1 saturated heterocycles. The molecule has 0 amide bonds. The molecule has 0 bridgehead atoms. The lowest BCUT2D eigenvalue weighted by Crippen LogP contribution is -2.46. The topological polar surface area (TPSA) is 75.7 Å². The minimum atomic E-state index is -3.49. The number of carbonyl (C=O) groups is 1. The number of thiophene rings is 1. The van der Waals surface area contributed by atoms with Crippen molar-refractivity contribution in [1.82, 2.24) is 9.62 Å². The van der Waals surface area contributed by atoms with Gasteiger partial charge < -0.3 is 10.1 Å². The molecule has 1 fully saturated rings. The molecule has 0 unspecified atom stereocenters. The van der Waals surface area contributed by atoms with E-state index < -0.39 is 16.0 Å². The molecule has 1 aromatic rings. The van der Waals surface area contributed by atoms with Gasteiger partial charge in [0, 0.05) is 31.6 Å². The minimum absolute atomic E-state index is 0.162. The molecule has 0 spiro atoms. The van der Waals surface area contributed by atoms with Crippen LogP contribution >= 0.6 is 11.3 Å². The predicted molar refractivity (Wildman–Crippen MR) is 67.3 cm³/mol. The summed E-state index contributed by atoms with van der Waals surface area (Å²) in [6.45, 7) is 2.19. The molecule has 1 aliphatic rings. The van der Waals surface area contributed by atoms with Crippen LogP contribution in [0, 0.1) is 0 Å². The molecule has 0 atom stereocenters. The van der Waals surface area contributed by atoms with E-state index in [0.29, 0.717) is 31.1 Å². The molecule has 0 radical (unpaired) electrons. The molecule has 1 aromatic heterocycles. The number of ether oxygens (including phenoxy) is 1. The van der Waals surface area contributed by atoms with Gasteiger partial charge in [0.1, 0.15) is 4.88 Å². The molecule has 0 aromatic carbocycles. The highest BCUT2D eigenvalue weighted by Crippen LogP contribution is 2.23. The number of hydrogen-bond donors (Lipinski definition) is 1. The average molecular weight is 290 g/mol. The number of methoxy groups -OCH3 is 1. The molecule has 1 aliphatic heterocycles. The molecular formula is C10H14N2O4S2. The Bertz CT molecular complexity index is 532. The summed E-state index contributed by atoms with van der Waals surface area (Å²) in [6, 6.07) is 1.37. The summed E-state index contributed by atoms with van der Waals surface area (Å²) in [5, 5.41) is 4.57. The molecule has 2 heterocycles. The van der Waals surface area contributed by atoms with Gasteiger partial charge in [0.25, 0.3) is 0 Å². The first-order valence-electron chi connectivity index (χ1n) is 5.43. The number of nitrogens with zero attached hydrogens (tertiary/aromatic N) is 1. The van der Waals surface area contributed by atoms with E-state index >= 15 is 0 Å². The number of carbonyl (C=O) groups excluding carboxylic acids is 1. The van der Waals surface area contributed by atoms with Gasteiger partial charge in [-0.3, -0.25) is 0 Å². The Hall–Kier alpha value is -0.960. The third-order valence-corrected chi connectivity index (χ3v) is 5.61. The average Bonchev–Trinajstić information content (AvgIpc) is 2.89. The fourth-order valence-electron chi connectivity index (χ4n) is 1.70. The second kappa shape index (κ2) is 5.35. The molecule has 6 nitrogen and oxygen atoms in total. The van der Waals surface area contributed by atoms with Crippen molar-refractivity contribution < 1.29 is 17.9 Å². The van der Waals surface area contributed by atoms with E-state index in [-0.39, 0.29) is 4.90 Å². The Labute approximate surface area is 110 Å². The van der Waals surface area contributed by atoms with Crippen molar-refractivity contribution in [1.29, 1.82) is 0 Å². The summed E-state index contributed by atoms with van der Waals surface area (Å²) in [5.41, 5.74) is 0. The fourth-order valence-corrected chi connectivity index (χ4v) is 4.31. The molecule has 100 valence electrons. The zero-order valence-electron chi connectivity index (χ0n) is 9.88. The zero-order valence-corrected chi connectivity index (χ0v) is 11.5. The van der Waals surface area contributed by atoms with Crippen molar-refractivity contribution in [2.45, 2.75) is 4.90 Å². The highest BCUT2D eigenvalue weighted by Gasteiger charge is 2.27. The maximum absolute atomic E-state index is 12.3. The predicted octanol–water partition coefficient (Wildman–Crippen LogP) is 0.129. The Morgan fingerprint density at radius 3 is 2.72 bits per heavy atom. The lowest BCUT2D eigenvalue weighted by Gasteiger charge is -2.26. The van der Waals surface area contributed by atoms with Crippen molar-refractivity contribution >= 4 is 27.3 Å². The number of rotatable bonds is 3. The second-order valence-corrected chi connectivity index (χ2v) is 6.64. The van der Waals surface area contributed by atoms with E-state index in [0.717, 1.165) is 11.3 Å². The van der Waals surface area contributed by atoms with Gasteiger partial charge in [-0.1, -0.05) is 0 Å². The van der Waals surface area contributed by atoms with Crippen molar-refractivity contribution in [2.75, 3.05) is 33.3 Å². The van der Waals surface area contributed by atoms with Crippen LogP contribution in [-0.4, -0.2) is 52.0 Å². The maximum Gasteiger partial charge on any atom is 0.348 e. The van der Waals surface area contributed by atoms with Gasteiger partial charge in [-0.15, -0.1) is 11.3 Å². The van der Waals surface area contributed by atoms with E-state index in [2.05, 4.69) is 10.1 Å². The van der Waals surface area contributed by atoms with Crippen molar-refractivity contribution in [3.05, 3.63) is 16.3 Å². The number of esters is 1. The largest absolute Gasteiger partial charge is 0.465 e. The van der Waals surface area contributed by atoms with E-state index in [1.165, 1.54) is 22.9 Å². The standard InChI is InChI=1S/C10H14N2O4S2/c1-16-10(13)9-6-8(7-17-9)18(14,15)12-4-2-11-3-5-12/h6-7,11H,2-5H2,1H3. The Morgan fingerprint density at radius 1 is 1.44 bits per heavy atom. The normalized spacial score (nSPS) is 17.6. The monoisotopic (exact) mass is 290 g/mol. The number of piperazine rings is 1. The SMILES string of the molecule is COC(=O)c1cc(S(=O)(=O)N2CCNCC2)cs1. The lowest BCUT2D eigenvalue weighted by atomic mass is 10.4. The van der Waals surface area contributed by atoms with Crippen LogP contribution < -0.4 is 5.32 Å². The van der Waals surface area contributed by atoms with Gasteiger partial charge >= 0.3 is 5.97 Å². The van der Waals surface area contributed by atoms with E-state index in [9.17, 15) is 13.2 Å². The van der Waals surface area contributed by atoms with Crippen LogP contribution in [0.4, 0.5) is 0 Å². The minimum Gasteiger partial charge on any atom is -0.465 e. The van der Waals surface area contributed by atoms with Crippen LogP contribution in [0.25, 0.3) is 0 Å². The van der Waals surface area contributed by atoms with E-state index in [1.54, 1.807) is 0 Å². The van der Waals surface area contributed by atoms with Crippen LogP contribution in [0.15, 0.2) is 16.3 Å². The summed E-state index contributed by atoms with van der Waals surface area (Å²) in [4.78, 5) is 11.8. The summed E-state index contributed by atoms with van der Waals surface area (Å²) < 4.78 is 30.5. The first kappa shape index (κ1) is 13.5. The summed E-state index contributed by atoms with van der Waals surface area (Å²) >= 11 is 1.08. The highest BCUT2D eigenvalue weighted by molar-refractivity contribution is 7.89. The van der Waals surface area contributed by atoms with Crippen LogP contribution in [0.1, 0.15) is 9.67 Å². The zero-order chi connectivity index (χ0) is 13.2. The molecule has 2 rings (SSSR count). The van der Waals surface area contributed by atoms with Crippen LogP contribution in [0.2, 0.25) is 0 Å². The first-order chi connectivity index (χ1) is 8.55. The van der Waals surface area contributed by atoms with Gasteiger partial charge in [0.15, 0.2) is 0 Å². The van der Waals surface area contributed by atoms with Gasteiger partial charge in [-0.05, 0) is 6.07 Å². The smallest absolute Gasteiger partial charge is 0.348 e. The first-order valence-corrected chi connectivity index (χ1v) is 7.75. The molecule has 1 N–H and O–H groups in total. The van der Waals surface area contributed by atoms with Gasteiger partial charge in [0.05, 0.1) is 12.0 Å². The third-order valence-electron chi connectivity index (χ3n) is 2.68. The van der Waals surface area contributed by atoms with Crippen molar-refractivity contribution in [3.63, 3.8) is 0 Å². The van der Waals surface area contributed by atoms with Crippen LogP contribution in [0.5, 0.6) is 0 Å². The summed E-state index contributed by atoms with van der Waals surface area (Å²) in [7, 11) is -2.22. The second-order valence-electron chi connectivity index (χ2n) is 3.79. The molecular weight excluding hydrogens is 276 g/mol. The summed E-state index contributed by atoms with van der Waals surface area (Å²) in [6.07, 6.45) is 0. The Kier molecular flexibility index (Phi) is 4.00. The Morgan fingerprint density at radius 2 is 2.11 bits per heavy atom. The van der Waals surface area contributed by atoms with Crippen molar-refractivity contribution in [3.8, 4) is 0 Å². The molecule has 18 heavy (non-hydrogen) atoms. The van der Waals surface area contributed by atoms with Crippen LogP contribution in [0.3, 0.4) is 0 Å². The van der Waals surface area contributed by atoms with Crippen LogP contribution in [-0.2, 0) is 14.8 Å². The molecule has 0 saturated carbocycles. The fraction of sp³-hybridized carbons (Fsp3) is 0.500. The highest BCUT2D eigenvalue weighted by atomic mass is 32.2. The van der Waals surface area contributed by atoms with Gasteiger partial charge in [-0.25, -0.2) is 13.2 Å². The lowest BCUT2D eigenvalue weighted by molar-refractivity contribution is 0.0606. The van der Waals surface area contributed by atoms with Gasteiger partial charge in [-0.2, -0.15) is 4.31 Å². The number of nitrogens with one attached hydrogen (secondary N) is 1. The van der Waals surface area contributed by atoms with E-state index in [4.69, 9.17) is 0 Å². The number of sulfonamides is 1. The summed E-state index contributed by atoms with van der Waals surface area (Å²) in [5.74, 6) is -0.512. The third kappa shape index (κ3) is 2.56. The maximum atomic E-state index is 12.3. The Balaban J connectivity index is 2.24.